The highest BCUT2D eigenvalue weighted by molar-refractivity contribution is 5.83. The first-order chi connectivity index (χ1) is 14.2. The van der Waals surface area contributed by atoms with E-state index in [1.807, 2.05) is 24.4 Å². The van der Waals surface area contributed by atoms with Crippen molar-refractivity contribution in [2.75, 3.05) is 20.3 Å². The lowest BCUT2D eigenvalue weighted by Gasteiger charge is -2.30. The summed E-state index contributed by atoms with van der Waals surface area (Å²) in [5.74, 6) is 0.847. The normalized spacial score (nSPS) is 19.4. The molecule has 0 spiro atoms. The van der Waals surface area contributed by atoms with E-state index in [0.717, 1.165) is 36.0 Å². The molecule has 1 aliphatic rings. The molecule has 1 N–H and O–H groups in total. The molecule has 0 amide bonds. The third kappa shape index (κ3) is 5.12. The van der Waals surface area contributed by atoms with Crippen LogP contribution in [0, 0.1) is 6.92 Å². The minimum Gasteiger partial charge on any atom is -0.497 e. The average molecular weight is 392 g/mol. The highest BCUT2D eigenvalue weighted by Crippen LogP contribution is 2.24. The molecule has 0 bridgehead atoms. The quantitative estimate of drug-likeness (QED) is 0.658. The first-order valence-electron chi connectivity index (χ1n) is 10.1. The van der Waals surface area contributed by atoms with Gasteiger partial charge in [0.2, 0.25) is 0 Å². The van der Waals surface area contributed by atoms with E-state index in [2.05, 4.69) is 47.6 Å². The van der Waals surface area contributed by atoms with Crippen molar-refractivity contribution >= 4 is 10.9 Å². The molecule has 0 atom stereocenters. The molecule has 5 heteroatoms. The molecule has 2 heterocycles. The van der Waals surface area contributed by atoms with Crippen LogP contribution in [0.25, 0.3) is 10.9 Å². The van der Waals surface area contributed by atoms with Gasteiger partial charge in [0.25, 0.3) is 0 Å². The van der Waals surface area contributed by atoms with E-state index in [9.17, 15) is 0 Å². The van der Waals surface area contributed by atoms with E-state index in [1.54, 1.807) is 7.11 Å². The van der Waals surface area contributed by atoms with Crippen LogP contribution in [0.1, 0.15) is 23.1 Å². The summed E-state index contributed by atoms with van der Waals surface area (Å²) in [5, 5.41) is 4.64. The van der Waals surface area contributed by atoms with E-state index in [1.165, 1.54) is 16.7 Å². The number of nitrogens with zero attached hydrogens (tertiary/aromatic N) is 1. The molecular formula is C24H28N2O3. The molecular weight excluding hydrogens is 364 g/mol. The number of hydrogen-bond acceptors (Lipinski definition) is 5. The maximum absolute atomic E-state index is 5.95. The van der Waals surface area contributed by atoms with Crippen molar-refractivity contribution in [1.82, 2.24) is 10.3 Å². The maximum atomic E-state index is 5.95. The molecule has 152 valence electrons. The van der Waals surface area contributed by atoms with Crippen molar-refractivity contribution in [2.45, 2.75) is 38.6 Å². The number of hydrogen-bond donors (Lipinski definition) is 1. The monoisotopic (exact) mass is 392 g/mol. The summed E-state index contributed by atoms with van der Waals surface area (Å²) < 4.78 is 17.3. The van der Waals surface area contributed by atoms with Gasteiger partial charge in [0.1, 0.15) is 5.75 Å². The molecule has 0 unspecified atom stereocenters. The summed E-state index contributed by atoms with van der Waals surface area (Å²) >= 11 is 0. The lowest BCUT2D eigenvalue weighted by molar-refractivity contribution is -0.192. The zero-order valence-electron chi connectivity index (χ0n) is 17.1. The number of fused-ring (bicyclic) bond motifs is 1. The molecule has 4 rings (SSSR count). The minimum atomic E-state index is -0.166. The van der Waals surface area contributed by atoms with Crippen molar-refractivity contribution in [1.29, 1.82) is 0 Å². The lowest BCUT2D eigenvalue weighted by atomic mass is 10.0. The van der Waals surface area contributed by atoms with Gasteiger partial charge in [0, 0.05) is 24.5 Å². The van der Waals surface area contributed by atoms with Crippen molar-refractivity contribution in [3.8, 4) is 5.75 Å². The fraction of sp³-hybridized carbons (Fsp3) is 0.375. The highest BCUT2D eigenvalue weighted by Gasteiger charge is 2.22. The second-order valence-corrected chi connectivity index (χ2v) is 7.55. The minimum absolute atomic E-state index is 0.166. The van der Waals surface area contributed by atoms with Crippen LogP contribution in [0.3, 0.4) is 0 Å². The molecule has 1 aromatic heterocycles. The Morgan fingerprint density at radius 3 is 2.62 bits per heavy atom. The summed E-state index contributed by atoms with van der Waals surface area (Å²) in [6.07, 6.45) is 3.39. The van der Waals surface area contributed by atoms with Gasteiger partial charge in [-0.3, -0.25) is 4.98 Å². The molecule has 0 saturated carbocycles. The highest BCUT2D eigenvalue weighted by atomic mass is 16.7. The average Bonchev–Trinajstić information content (AvgIpc) is 2.77. The Morgan fingerprint density at radius 2 is 1.86 bits per heavy atom. The van der Waals surface area contributed by atoms with Crippen LogP contribution in [-0.2, 0) is 22.4 Å². The number of methoxy groups -OCH3 is 1. The van der Waals surface area contributed by atoms with Crippen molar-refractivity contribution in [3.63, 3.8) is 0 Å². The molecule has 0 aliphatic carbocycles. The van der Waals surface area contributed by atoms with Gasteiger partial charge >= 0.3 is 0 Å². The van der Waals surface area contributed by atoms with E-state index in [-0.39, 0.29) is 12.3 Å². The van der Waals surface area contributed by atoms with E-state index in [0.29, 0.717) is 13.2 Å². The third-order valence-corrected chi connectivity index (χ3v) is 5.37. The first-order valence-corrected chi connectivity index (χ1v) is 10.1. The Bertz CT molecular complexity index is 935. The SMILES string of the molecule is COc1ccc2nccc(CC[C@H]3OC[C@H](NCc4ccc(C)cc4)CO3)c2c1. The van der Waals surface area contributed by atoms with Gasteiger partial charge in [-0.1, -0.05) is 29.8 Å². The Labute approximate surface area is 172 Å². The van der Waals surface area contributed by atoms with Crippen LogP contribution in [-0.4, -0.2) is 37.6 Å². The molecule has 1 saturated heterocycles. The van der Waals surface area contributed by atoms with E-state index < -0.39 is 0 Å². The zero-order chi connectivity index (χ0) is 20.1. The Balaban J connectivity index is 1.27. The van der Waals surface area contributed by atoms with Crippen LogP contribution >= 0.6 is 0 Å². The second-order valence-electron chi connectivity index (χ2n) is 7.55. The summed E-state index contributed by atoms with van der Waals surface area (Å²) in [7, 11) is 1.68. The third-order valence-electron chi connectivity index (χ3n) is 5.37. The summed E-state index contributed by atoms with van der Waals surface area (Å²) in [6, 6.07) is 16.9. The lowest BCUT2D eigenvalue weighted by Crippen LogP contribution is -2.44. The second kappa shape index (κ2) is 9.35. The molecule has 1 fully saturated rings. The van der Waals surface area contributed by atoms with Gasteiger partial charge < -0.3 is 19.5 Å². The Hall–Kier alpha value is -2.47. The molecule has 3 aromatic rings. The van der Waals surface area contributed by atoms with Crippen LogP contribution in [0.2, 0.25) is 0 Å². The number of nitrogens with one attached hydrogen (secondary N) is 1. The number of benzene rings is 2. The number of rotatable bonds is 7. The van der Waals surface area contributed by atoms with Crippen molar-refractivity contribution < 1.29 is 14.2 Å². The molecule has 0 radical (unpaired) electrons. The fourth-order valence-electron chi connectivity index (χ4n) is 3.60. The topological polar surface area (TPSA) is 52.6 Å². The van der Waals surface area contributed by atoms with Crippen molar-refractivity contribution in [2.24, 2.45) is 0 Å². The zero-order valence-corrected chi connectivity index (χ0v) is 17.1. The number of pyridine rings is 1. The molecule has 29 heavy (non-hydrogen) atoms. The van der Waals surface area contributed by atoms with E-state index in [4.69, 9.17) is 14.2 Å². The predicted octanol–water partition coefficient (Wildman–Crippen LogP) is 4.02. The van der Waals surface area contributed by atoms with Gasteiger partial charge in [0.15, 0.2) is 6.29 Å². The van der Waals surface area contributed by atoms with Gasteiger partial charge in [0.05, 0.1) is 31.9 Å². The largest absolute Gasteiger partial charge is 0.497 e. The van der Waals surface area contributed by atoms with Crippen LogP contribution in [0.5, 0.6) is 5.75 Å². The van der Waals surface area contributed by atoms with Crippen molar-refractivity contribution in [3.05, 3.63) is 71.4 Å². The van der Waals surface area contributed by atoms with E-state index >= 15 is 0 Å². The maximum Gasteiger partial charge on any atom is 0.158 e. The van der Waals surface area contributed by atoms with Gasteiger partial charge in [-0.15, -0.1) is 0 Å². The number of ether oxygens (including phenoxy) is 3. The Kier molecular flexibility index (Phi) is 6.39. The smallest absolute Gasteiger partial charge is 0.158 e. The van der Waals surface area contributed by atoms with Gasteiger partial charge in [-0.05, 0) is 48.7 Å². The van der Waals surface area contributed by atoms with Crippen LogP contribution in [0.4, 0.5) is 0 Å². The molecule has 1 aliphatic heterocycles. The summed E-state index contributed by atoms with van der Waals surface area (Å²) in [5.41, 5.74) is 4.77. The molecule has 2 aromatic carbocycles. The van der Waals surface area contributed by atoms with Gasteiger partial charge in [-0.25, -0.2) is 0 Å². The first kappa shape index (κ1) is 19.8. The molecule has 5 nitrogen and oxygen atoms in total. The standard InChI is InChI=1S/C24H28N2O3/c1-17-3-5-18(6-4-17)14-26-20-15-28-24(29-16-20)10-7-19-11-12-25-23-9-8-21(27-2)13-22(19)23/h3-6,8-9,11-13,20,24,26H,7,10,14-16H2,1-2H3/t20-,24-. The predicted molar refractivity (Wildman–Crippen MR) is 114 cm³/mol. The summed E-state index contributed by atoms with van der Waals surface area (Å²) in [4.78, 5) is 4.45. The van der Waals surface area contributed by atoms with Crippen LogP contribution in [0.15, 0.2) is 54.7 Å². The number of aromatic nitrogens is 1. The van der Waals surface area contributed by atoms with Gasteiger partial charge in [-0.2, -0.15) is 0 Å². The summed E-state index contributed by atoms with van der Waals surface area (Å²) in [6.45, 7) is 4.27. The van der Waals surface area contributed by atoms with Crippen LogP contribution < -0.4 is 10.1 Å². The number of aryl methyl sites for hydroxylation is 2. The fourth-order valence-corrected chi connectivity index (χ4v) is 3.60. The Morgan fingerprint density at radius 1 is 1.07 bits per heavy atom.